The first-order valence-corrected chi connectivity index (χ1v) is 18.9. The van der Waals surface area contributed by atoms with Gasteiger partial charge >= 0.3 is 0 Å². The Morgan fingerprint density at radius 1 is 0.870 bits per heavy atom. The van der Waals surface area contributed by atoms with Crippen LogP contribution in [-0.4, -0.2) is 45.7 Å². The second-order valence-electron chi connectivity index (χ2n) is 12.3. The molecule has 0 saturated heterocycles. The number of hydrogen-bond donors (Lipinski definition) is 1. The predicted octanol–water partition coefficient (Wildman–Crippen LogP) is 11.3. The first kappa shape index (κ1) is 46.9. The third-order valence-corrected chi connectivity index (χ3v) is 8.07. The molecule has 7 heteroatoms. The fourth-order valence-corrected chi connectivity index (χ4v) is 4.90. The molecule has 0 heterocycles. The van der Waals surface area contributed by atoms with Crippen LogP contribution in [0, 0.1) is 5.92 Å². The zero-order valence-electron chi connectivity index (χ0n) is 33.3. The second-order valence-corrected chi connectivity index (χ2v) is 12.3. The molecule has 1 aliphatic carbocycles. The average molecular weight is 738 g/mol. The van der Waals surface area contributed by atoms with Crippen molar-refractivity contribution in [2.24, 2.45) is 5.92 Å². The molecule has 1 aliphatic rings. The van der Waals surface area contributed by atoms with Gasteiger partial charge in [-0.2, -0.15) is 0 Å². The first-order valence-electron chi connectivity index (χ1n) is 18.9. The Morgan fingerprint density at radius 2 is 1.48 bits per heavy atom. The Labute approximate surface area is 325 Å². The summed E-state index contributed by atoms with van der Waals surface area (Å²) in [5, 5.41) is 2.90. The van der Waals surface area contributed by atoms with Gasteiger partial charge in [0.1, 0.15) is 18.6 Å². The number of methoxy groups -OCH3 is 1. The van der Waals surface area contributed by atoms with E-state index < -0.39 is 0 Å². The van der Waals surface area contributed by atoms with Gasteiger partial charge in [0, 0.05) is 38.7 Å². The Hall–Kier alpha value is -5.10. The number of aldehydes is 1. The topological polar surface area (TPSA) is 83.1 Å². The van der Waals surface area contributed by atoms with Crippen molar-refractivity contribution in [3.63, 3.8) is 0 Å². The molecule has 1 saturated carbocycles. The van der Waals surface area contributed by atoms with E-state index in [2.05, 4.69) is 50.9 Å². The van der Waals surface area contributed by atoms with Crippen molar-refractivity contribution in [2.45, 2.75) is 78.7 Å². The SMILES string of the molecule is C=C.C=C=C(CC)C1CC1.C=CC(=C)CCCOc1cc(COc2ccc(-c3ccc(C(=O)NCCC)cc3)cc2)ccc1OCCCOC.CCC=O. The van der Waals surface area contributed by atoms with E-state index in [0.717, 1.165) is 72.3 Å². The standard InChI is InChI=1S/C34H41NO5.C8H12.C3H6O.C2H4/c1-5-20-35-34(36)30-13-11-28(12-14-30)29-15-17-31(18-16-29)40-25-27-10-19-32(38-23-8-21-37-4)33(24-27)39-22-7-9-26(3)6-2;1-3-7(4-2)8-5-6-8;1-2-3-4;1-2/h6,10-19,24H,2-3,5,7-9,20-23,25H2,1,4H3,(H,35,36);8H,1,4-6H2,2H3;3H,2H2,1H3;1-2H2. The highest BCUT2D eigenvalue weighted by Gasteiger charge is 2.24. The molecule has 0 bridgehead atoms. The number of carbonyl (C=O) groups is 2. The van der Waals surface area contributed by atoms with E-state index in [1.165, 1.54) is 18.4 Å². The zero-order valence-corrected chi connectivity index (χ0v) is 33.3. The quantitative estimate of drug-likeness (QED) is 0.0385. The minimum atomic E-state index is -0.0463. The van der Waals surface area contributed by atoms with E-state index >= 15 is 0 Å². The van der Waals surface area contributed by atoms with Crippen LogP contribution in [0.15, 0.2) is 123 Å². The molecule has 0 atom stereocenters. The van der Waals surface area contributed by atoms with Crippen molar-refractivity contribution < 1.29 is 28.5 Å². The lowest BCUT2D eigenvalue weighted by molar-refractivity contribution is -0.107. The molecule has 0 radical (unpaired) electrons. The van der Waals surface area contributed by atoms with Gasteiger partial charge in [0.05, 0.1) is 13.2 Å². The zero-order chi connectivity index (χ0) is 40.0. The monoisotopic (exact) mass is 737 g/mol. The lowest BCUT2D eigenvalue weighted by atomic mass is 10.0. The van der Waals surface area contributed by atoms with Gasteiger partial charge in [0.25, 0.3) is 5.91 Å². The number of benzene rings is 3. The molecular formula is C47H63NO6. The van der Waals surface area contributed by atoms with Crippen molar-refractivity contribution >= 4 is 12.2 Å². The molecule has 292 valence electrons. The van der Waals surface area contributed by atoms with Crippen molar-refractivity contribution in [3.05, 3.63) is 134 Å². The lowest BCUT2D eigenvalue weighted by Crippen LogP contribution is -2.23. The molecule has 3 aromatic carbocycles. The van der Waals surface area contributed by atoms with Crippen molar-refractivity contribution in [1.82, 2.24) is 5.32 Å². The van der Waals surface area contributed by atoms with Crippen LogP contribution in [-0.2, 0) is 16.1 Å². The van der Waals surface area contributed by atoms with Gasteiger partial charge in [0.2, 0.25) is 0 Å². The van der Waals surface area contributed by atoms with Crippen LogP contribution in [0.25, 0.3) is 11.1 Å². The van der Waals surface area contributed by atoms with E-state index in [-0.39, 0.29) is 5.91 Å². The largest absolute Gasteiger partial charge is 0.490 e. The van der Waals surface area contributed by atoms with Gasteiger partial charge in [-0.1, -0.05) is 82.5 Å². The Balaban J connectivity index is 0.000000878. The van der Waals surface area contributed by atoms with Crippen LogP contribution in [0.2, 0.25) is 0 Å². The summed E-state index contributed by atoms with van der Waals surface area (Å²) in [7, 11) is 1.68. The number of hydrogen-bond acceptors (Lipinski definition) is 6. The highest BCUT2D eigenvalue weighted by molar-refractivity contribution is 5.94. The van der Waals surface area contributed by atoms with Gasteiger partial charge in [-0.3, -0.25) is 4.79 Å². The Bertz CT molecular complexity index is 1570. The summed E-state index contributed by atoms with van der Waals surface area (Å²) in [6.45, 7) is 26.2. The molecule has 0 aromatic heterocycles. The van der Waals surface area contributed by atoms with Gasteiger partial charge in [-0.05, 0) is 103 Å². The van der Waals surface area contributed by atoms with Crippen LogP contribution in [0.1, 0.15) is 88.1 Å². The molecule has 54 heavy (non-hydrogen) atoms. The molecule has 3 aromatic rings. The third-order valence-electron chi connectivity index (χ3n) is 8.07. The maximum Gasteiger partial charge on any atom is 0.251 e. The summed E-state index contributed by atoms with van der Waals surface area (Å²) >= 11 is 0. The minimum absolute atomic E-state index is 0.0463. The van der Waals surface area contributed by atoms with E-state index in [0.29, 0.717) is 56.5 Å². The first-order chi connectivity index (χ1) is 26.3. The summed E-state index contributed by atoms with van der Waals surface area (Å²) in [6, 6.07) is 21.5. The average Bonchev–Trinajstić information content (AvgIpc) is 4.07. The predicted molar refractivity (Wildman–Crippen MR) is 225 cm³/mol. The number of amides is 1. The van der Waals surface area contributed by atoms with Gasteiger partial charge in [0.15, 0.2) is 11.5 Å². The summed E-state index contributed by atoms with van der Waals surface area (Å²) in [5.41, 5.74) is 9.15. The van der Waals surface area contributed by atoms with E-state index in [4.69, 9.17) is 18.9 Å². The second kappa shape index (κ2) is 29.4. The number of nitrogens with one attached hydrogen (secondary N) is 1. The Kier molecular flexibility index (Phi) is 25.5. The molecule has 4 rings (SSSR count). The van der Waals surface area contributed by atoms with Gasteiger partial charge in [-0.15, -0.1) is 18.9 Å². The molecule has 1 N–H and O–H groups in total. The molecule has 1 amide bonds. The minimum Gasteiger partial charge on any atom is -0.490 e. The summed E-state index contributed by atoms with van der Waals surface area (Å²) < 4.78 is 23.2. The normalized spacial score (nSPS) is 11.0. The maximum atomic E-state index is 12.1. The smallest absolute Gasteiger partial charge is 0.251 e. The highest BCUT2D eigenvalue weighted by Crippen LogP contribution is 2.37. The molecular weight excluding hydrogens is 675 g/mol. The highest BCUT2D eigenvalue weighted by atomic mass is 16.5. The summed E-state index contributed by atoms with van der Waals surface area (Å²) in [5.74, 6) is 3.00. The number of carbonyl (C=O) groups excluding carboxylic acids is 2. The number of ether oxygens (including phenoxy) is 4. The molecule has 1 fully saturated rings. The fourth-order valence-electron chi connectivity index (χ4n) is 4.90. The van der Waals surface area contributed by atoms with E-state index in [1.807, 2.05) is 80.6 Å². The molecule has 0 unspecified atom stereocenters. The molecule has 7 nitrogen and oxygen atoms in total. The van der Waals surface area contributed by atoms with Crippen LogP contribution in [0.5, 0.6) is 17.2 Å². The van der Waals surface area contributed by atoms with Crippen LogP contribution < -0.4 is 19.5 Å². The molecule has 0 aliphatic heterocycles. The van der Waals surface area contributed by atoms with Gasteiger partial charge < -0.3 is 29.1 Å². The fraction of sp³-hybridized carbons (Fsp3) is 0.383. The van der Waals surface area contributed by atoms with Crippen molar-refractivity contribution in [2.75, 3.05) is 33.5 Å². The van der Waals surface area contributed by atoms with Crippen molar-refractivity contribution in [1.29, 1.82) is 0 Å². The van der Waals surface area contributed by atoms with Crippen LogP contribution >= 0.6 is 0 Å². The van der Waals surface area contributed by atoms with Crippen LogP contribution in [0.3, 0.4) is 0 Å². The van der Waals surface area contributed by atoms with Crippen molar-refractivity contribution in [3.8, 4) is 28.4 Å². The maximum absolute atomic E-state index is 12.1. The van der Waals surface area contributed by atoms with E-state index in [1.54, 1.807) is 13.2 Å². The number of rotatable bonds is 21. The molecule has 0 spiro atoms. The lowest BCUT2D eigenvalue weighted by Gasteiger charge is -2.15. The van der Waals surface area contributed by atoms with E-state index in [9.17, 15) is 9.59 Å². The third kappa shape index (κ3) is 19.1. The Morgan fingerprint density at radius 3 is 2.00 bits per heavy atom. The summed E-state index contributed by atoms with van der Waals surface area (Å²) in [6.07, 6.45) is 10.6. The number of allylic oxidation sites excluding steroid dienone is 3. The summed E-state index contributed by atoms with van der Waals surface area (Å²) in [4.78, 5) is 21.3. The van der Waals surface area contributed by atoms with Crippen LogP contribution in [0.4, 0.5) is 0 Å². The van der Waals surface area contributed by atoms with Gasteiger partial charge in [-0.25, -0.2) is 0 Å².